The third-order valence-electron chi connectivity index (χ3n) is 2.79. The molecule has 0 saturated carbocycles. The largest absolute Gasteiger partial charge is 0.493 e. The molecule has 1 amide bonds. The van der Waals surface area contributed by atoms with E-state index in [0.29, 0.717) is 28.6 Å². The SMILES string of the molecule is COc1cccc(OC)c1OCc1cc(C(=O)NN)co1. The summed E-state index contributed by atoms with van der Waals surface area (Å²) in [5, 5.41) is 0. The zero-order chi connectivity index (χ0) is 15.2. The fourth-order valence-electron chi connectivity index (χ4n) is 1.76. The summed E-state index contributed by atoms with van der Waals surface area (Å²) < 4.78 is 21.3. The molecule has 0 unspecified atom stereocenters. The molecular formula is C14H16N2O5. The average molecular weight is 292 g/mol. The molecule has 0 saturated heterocycles. The smallest absolute Gasteiger partial charge is 0.268 e. The first kappa shape index (κ1) is 14.7. The summed E-state index contributed by atoms with van der Waals surface area (Å²) in [5.41, 5.74) is 2.35. The van der Waals surface area contributed by atoms with Gasteiger partial charge in [0.25, 0.3) is 5.91 Å². The number of furan rings is 1. The number of methoxy groups -OCH3 is 2. The van der Waals surface area contributed by atoms with E-state index in [2.05, 4.69) is 0 Å². The predicted molar refractivity (Wildman–Crippen MR) is 74.2 cm³/mol. The van der Waals surface area contributed by atoms with Crippen LogP contribution >= 0.6 is 0 Å². The lowest BCUT2D eigenvalue weighted by Crippen LogP contribution is -2.29. The zero-order valence-corrected chi connectivity index (χ0v) is 11.7. The van der Waals surface area contributed by atoms with Gasteiger partial charge in [-0.25, -0.2) is 5.84 Å². The molecule has 112 valence electrons. The van der Waals surface area contributed by atoms with Crippen molar-refractivity contribution in [2.24, 2.45) is 5.84 Å². The quantitative estimate of drug-likeness (QED) is 0.475. The maximum absolute atomic E-state index is 11.3. The van der Waals surface area contributed by atoms with Crippen molar-refractivity contribution in [2.75, 3.05) is 14.2 Å². The molecule has 0 aliphatic carbocycles. The van der Waals surface area contributed by atoms with Gasteiger partial charge in [0.2, 0.25) is 5.75 Å². The van der Waals surface area contributed by atoms with Gasteiger partial charge in [-0.15, -0.1) is 0 Å². The first-order chi connectivity index (χ1) is 10.2. The Balaban J connectivity index is 2.13. The Bertz CT molecular complexity index is 601. The highest BCUT2D eigenvalue weighted by molar-refractivity contribution is 5.93. The van der Waals surface area contributed by atoms with Gasteiger partial charge in [0.05, 0.1) is 19.8 Å². The lowest BCUT2D eigenvalue weighted by atomic mass is 10.3. The molecule has 1 heterocycles. The Hall–Kier alpha value is -2.67. The van der Waals surface area contributed by atoms with Crippen LogP contribution in [0.25, 0.3) is 0 Å². The summed E-state index contributed by atoms with van der Waals surface area (Å²) in [4.78, 5) is 11.3. The normalized spacial score (nSPS) is 10.0. The Morgan fingerprint density at radius 1 is 1.29 bits per heavy atom. The van der Waals surface area contributed by atoms with Crippen molar-refractivity contribution in [1.29, 1.82) is 0 Å². The van der Waals surface area contributed by atoms with Crippen molar-refractivity contribution in [1.82, 2.24) is 5.43 Å². The average Bonchev–Trinajstić information content (AvgIpc) is 3.00. The molecule has 2 aromatic rings. The first-order valence-electron chi connectivity index (χ1n) is 6.11. The van der Waals surface area contributed by atoms with Crippen LogP contribution in [0.2, 0.25) is 0 Å². The minimum atomic E-state index is -0.431. The van der Waals surface area contributed by atoms with Gasteiger partial charge in [0.15, 0.2) is 11.5 Å². The maximum Gasteiger partial charge on any atom is 0.268 e. The second kappa shape index (κ2) is 6.67. The lowest BCUT2D eigenvalue weighted by Gasteiger charge is -2.13. The summed E-state index contributed by atoms with van der Waals surface area (Å²) in [6, 6.07) is 6.85. The molecule has 1 aromatic heterocycles. The van der Waals surface area contributed by atoms with Crippen LogP contribution in [-0.2, 0) is 6.61 Å². The second-order valence-corrected chi connectivity index (χ2v) is 4.06. The number of rotatable bonds is 6. The summed E-state index contributed by atoms with van der Waals surface area (Å²) >= 11 is 0. The molecule has 21 heavy (non-hydrogen) atoms. The zero-order valence-electron chi connectivity index (χ0n) is 11.7. The number of nitrogens with two attached hydrogens (primary N) is 1. The van der Waals surface area contributed by atoms with Crippen LogP contribution in [0.3, 0.4) is 0 Å². The van der Waals surface area contributed by atoms with Gasteiger partial charge in [-0.05, 0) is 18.2 Å². The minimum absolute atomic E-state index is 0.120. The monoisotopic (exact) mass is 292 g/mol. The second-order valence-electron chi connectivity index (χ2n) is 4.06. The van der Waals surface area contributed by atoms with Gasteiger partial charge in [-0.2, -0.15) is 0 Å². The number of carbonyl (C=O) groups excluding carboxylic acids is 1. The number of hydrogen-bond acceptors (Lipinski definition) is 6. The van der Waals surface area contributed by atoms with E-state index in [4.69, 9.17) is 24.5 Å². The number of benzene rings is 1. The van der Waals surface area contributed by atoms with Crippen molar-refractivity contribution in [3.63, 3.8) is 0 Å². The van der Waals surface area contributed by atoms with Gasteiger partial charge in [0.1, 0.15) is 18.6 Å². The van der Waals surface area contributed by atoms with Crippen LogP contribution in [0.4, 0.5) is 0 Å². The number of hydrazine groups is 1. The third-order valence-corrected chi connectivity index (χ3v) is 2.79. The Morgan fingerprint density at radius 3 is 2.52 bits per heavy atom. The van der Waals surface area contributed by atoms with Gasteiger partial charge < -0.3 is 18.6 Å². The summed E-state index contributed by atoms with van der Waals surface area (Å²) in [7, 11) is 3.08. The van der Waals surface area contributed by atoms with Crippen molar-refractivity contribution < 1.29 is 23.4 Å². The van der Waals surface area contributed by atoms with Crippen molar-refractivity contribution in [2.45, 2.75) is 6.61 Å². The number of hydrogen-bond donors (Lipinski definition) is 2. The van der Waals surface area contributed by atoms with E-state index < -0.39 is 5.91 Å². The van der Waals surface area contributed by atoms with Crippen LogP contribution in [0.15, 0.2) is 34.9 Å². The number of para-hydroxylation sites is 1. The molecule has 7 heteroatoms. The number of carbonyl (C=O) groups is 1. The van der Waals surface area contributed by atoms with E-state index in [1.165, 1.54) is 20.5 Å². The molecule has 2 rings (SSSR count). The van der Waals surface area contributed by atoms with E-state index in [9.17, 15) is 4.79 Å². The van der Waals surface area contributed by atoms with E-state index in [0.717, 1.165) is 0 Å². The molecule has 0 aliphatic rings. The van der Waals surface area contributed by atoms with Crippen LogP contribution < -0.4 is 25.5 Å². The predicted octanol–water partition coefficient (Wildman–Crippen LogP) is 1.48. The van der Waals surface area contributed by atoms with E-state index in [1.807, 2.05) is 5.43 Å². The molecule has 0 fully saturated rings. The van der Waals surface area contributed by atoms with Gasteiger partial charge in [-0.1, -0.05) is 6.07 Å². The fraction of sp³-hybridized carbons (Fsp3) is 0.214. The summed E-state index contributed by atoms with van der Waals surface area (Å²) in [6.45, 7) is 0.120. The Kier molecular flexibility index (Phi) is 4.68. The summed E-state index contributed by atoms with van der Waals surface area (Å²) in [6.07, 6.45) is 1.31. The molecule has 3 N–H and O–H groups in total. The standard InChI is InChI=1S/C14H16N2O5/c1-18-11-4-3-5-12(19-2)13(11)21-8-10-6-9(7-20-10)14(17)16-15/h3-7H,8,15H2,1-2H3,(H,16,17). The Morgan fingerprint density at radius 2 is 1.95 bits per heavy atom. The van der Waals surface area contributed by atoms with E-state index >= 15 is 0 Å². The van der Waals surface area contributed by atoms with Crippen LogP contribution in [0.5, 0.6) is 17.2 Å². The lowest BCUT2D eigenvalue weighted by molar-refractivity contribution is 0.0953. The molecule has 1 aromatic carbocycles. The highest BCUT2D eigenvalue weighted by Gasteiger charge is 2.13. The van der Waals surface area contributed by atoms with Crippen LogP contribution in [0.1, 0.15) is 16.1 Å². The van der Waals surface area contributed by atoms with Crippen LogP contribution in [0, 0.1) is 0 Å². The molecular weight excluding hydrogens is 276 g/mol. The highest BCUT2D eigenvalue weighted by Crippen LogP contribution is 2.37. The Labute approximate surface area is 121 Å². The molecule has 0 spiro atoms. The number of nitrogens with one attached hydrogen (secondary N) is 1. The van der Waals surface area contributed by atoms with Gasteiger partial charge in [0, 0.05) is 0 Å². The minimum Gasteiger partial charge on any atom is -0.493 e. The summed E-state index contributed by atoms with van der Waals surface area (Å²) in [5.74, 6) is 6.64. The third kappa shape index (κ3) is 3.26. The molecule has 7 nitrogen and oxygen atoms in total. The number of nitrogen functional groups attached to an aromatic ring is 1. The number of ether oxygens (including phenoxy) is 3. The molecule has 0 bridgehead atoms. The van der Waals surface area contributed by atoms with Gasteiger partial charge >= 0.3 is 0 Å². The van der Waals surface area contributed by atoms with Crippen molar-refractivity contribution in [3.8, 4) is 17.2 Å². The van der Waals surface area contributed by atoms with Crippen molar-refractivity contribution >= 4 is 5.91 Å². The molecule has 0 radical (unpaired) electrons. The molecule has 0 aliphatic heterocycles. The van der Waals surface area contributed by atoms with E-state index in [1.54, 1.807) is 24.3 Å². The van der Waals surface area contributed by atoms with Crippen molar-refractivity contribution in [3.05, 3.63) is 41.9 Å². The fourth-order valence-corrected chi connectivity index (χ4v) is 1.76. The number of amides is 1. The van der Waals surface area contributed by atoms with E-state index in [-0.39, 0.29) is 6.61 Å². The maximum atomic E-state index is 11.3. The highest BCUT2D eigenvalue weighted by atomic mass is 16.5. The van der Waals surface area contributed by atoms with Gasteiger partial charge in [-0.3, -0.25) is 10.2 Å². The topological polar surface area (TPSA) is 96.0 Å². The molecule has 0 atom stereocenters. The van der Waals surface area contributed by atoms with Crippen LogP contribution in [-0.4, -0.2) is 20.1 Å². The first-order valence-corrected chi connectivity index (χ1v) is 6.11.